The third-order valence-electron chi connectivity index (χ3n) is 3.35. The van der Waals surface area contributed by atoms with Crippen LogP contribution in [0.3, 0.4) is 0 Å². The highest BCUT2D eigenvalue weighted by molar-refractivity contribution is 7.15. The Hall–Kier alpha value is -2.66. The summed E-state index contributed by atoms with van der Waals surface area (Å²) in [7, 11) is 0. The van der Waals surface area contributed by atoms with Crippen molar-refractivity contribution in [2.24, 2.45) is 0 Å². The van der Waals surface area contributed by atoms with Crippen LogP contribution in [-0.2, 0) is 0 Å². The largest absolute Gasteiger partial charge is 0.457 e. The maximum absolute atomic E-state index is 12.5. The van der Waals surface area contributed by atoms with Crippen molar-refractivity contribution in [3.05, 3.63) is 70.7 Å². The number of nitrogens with one attached hydrogen (secondary N) is 1. The minimum atomic E-state index is -0.231. The van der Waals surface area contributed by atoms with Crippen molar-refractivity contribution in [2.45, 2.75) is 13.8 Å². The first-order valence-corrected chi connectivity index (χ1v) is 8.02. The molecule has 3 aromatic rings. The summed E-state index contributed by atoms with van der Waals surface area (Å²) in [5.74, 6) is 0.972. The van der Waals surface area contributed by atoms with E-state index in [1.165, 1.54) is 11.3 Å². The van der Waals surface area contributed by atoms with Crippen LogP contribution in [0.4, 0.5) is 5.13 Å². The van der Waals surface area contributed by atoms with Gasteiger partial charge in [0, 0.05) is 4.88 Å². The summed E-state index contributed by atoms with van der Waals surface area (Å²) >= 11 is 1.46. The zero-order valence-electron chi connectivity index (χ0n) is 12.9. The quantitative estimate of drug-likeness (QED) is 0.749. The summed E-state index contributed by atoms with van der Waals surface area (Å²) in [6.45, 7) is 3.91. The molecular weight excluding hydrogens is 308 g/mol. The molecule has 5 heteroatoms. The van der Waals surface area contributed by atoms with Crippen molar-refractivity contribution >= 4 is 22.4 Å². The maximum atomic E-state index is 12.5. The highest BCUT2D eigenvalue weighted by atomic mass is 32.1. The van der Waals surface area contributed by atoms with Gasteiger partial charge in [-0.1, -0.05) is 30.3 Å². The van der Waals surface area contributed by atoms with Crippen LogP contribution in [0.2, 0.25) is 0 Å². The van der Waals surface area contributed by atoms with Crippen molar-refractivity contribution in [3.63, 3.8) is 0 Å². The van der Waals surface area contributed by atoms with Gasteiger partial charge in [-0.2, -0.15) is 0 Å². The highest BCUT2D eigenvalue weighted by Crippen LogP contribution is 2.27. The number of anilines is 1. The van der Waals surface area contributed by atoms with Crippen LogP contribution in [0.15, 0.2) is 54.6 Å². The van der Waals surface area contributed by atoms with Gasteiger partial charge in [-0.3, -0.25) is 10.1 Å². The third kappa shape index (κ3) is 3.57. The number of ether oxygens (including phenoxy) is 1. The van der Waals surface area contributed by atoms with Gasteiger partial charge in [-0.05, 0) is 38.1 Å². The van der Waals surface area contributed by atoms with Gasteiger partial charge in [0.05, 0.1) is 11.3 Å². The van der Waals surface area contributed by atoms with E-state index >= 15 is 0 Å². The second-order valence-electron chi connectivity index (χ2n) is 5.03. The molecule has 0 unspecified atom stereocenters. The second kappa shape index (κ2) is 6.62. The molecule has 1 heterocycles. The molecule has 1 aromatic heterocycles. The van der Waals surface area contributed by atoms with Gasteiger partial charge in [0.25, 0.3) is 5.91 Å². The van der Waals surface area contributed by atoms with E-state index < -0.39 is 0 Å². The lowest BCUT2D eigenvalue weighted by Gasteiger charge is -2.10. The number of hydrogen-bond acceptors (Lipinski definition) is 4. The Kier molecular flexibility index (Phi) is 4.39. The van der Waals surface area contributed by atoms with E-state index in [4.69, 9.17) is 4.74 Å². The molecule has 0 aliphatic rings. The Morgan fingerprint density at radius 3 is 2.43 bits per heavy atom. The number of para-hydroxylation sites is 2. The van der Waals surface area contributed by atoms with E-state index in [0.717, 1.165) is 10.6 Å². The molecular formula is C18H16N2O2S. The monoisotopic (exact) mass is 324 g/mol. The van der Waals surface area contributed by atoms with E-state index in [1.54, 1.807) is 12.1 Å². The number of nitrogens with zero attached hydrogens (tertiary/aromatic N) is 1. The lowest BCUT2D eigenvalue weighted by atomic mass is 10.2. The van der Waals surface area contributed by atoms with Crippen LogP contribution < -0.4 is 10.1 Å². The highest BCUT2D eigenvalue weighted by Gasteiger charge is 2.15. The number of hydrogen-bond donors (Lipinski definition) is 1. The number of aromatic nitrogens is 1. The van der Waals surface area contributed by atoms with Gasteiger partial charge in [0.1, 0.15) is 11.5 Å². The fraction of sp³-hybridized carbons (Fsp3) is 0.111. The number of carbonyl (C=O) groups is 1. The van der Waals surface area contributed by atoms with Crippen molar-refractivity contribution in [1.82, 2.24) is 4.98 Å². The SMILES string of the molecule is Cc1nc(NC(=O)c2ccccc2Oc2ccccc2)sc1C. The topological polar surface area (TPSA) is 51.2 Å². The van der Waals surface area contributed by atoms with Gasteiger partial charge in [-0.15, -0.1) is 11.3 Å². The van der Waals surface area contributed by atoms with E-state index in [0.29, 0.717) is 22.2 Å². The summed E-state index contributed by atoms with van der Waals surface area (Å²) in [6.07, 6.45) is 0. The van der Waals surface area contributed by atoms with Crippen LogP contribution in [-0.4, -0.2) is 10.9 Å². The average molecular weight is 324 g/mol. The van der Waals surface area contributed by atoms with E-state index in [1.807, 2.05) is 56.3 Å². The number of benzene rings is 2. The molecule has 0 saturated carbocycles. The average Bonchev–Trinajstić information content (AvgIpc) is 2.86. The van der Waals surface area contributed by atoms with Crippen molar-refractivity contribution < 1.29 is 9.53 Å². The minimum Gasteiger partial charge on any atom is -0.457 e. The maximum Gasteiger partial charge on any atom is 0.261 e. The van der Waals surface area contributed by atoms with E-state index in [9.17, 15) is 4.79 Å². The summed E-state index contributed by atoms with van der Waals surface area (Å²) in [5, 5.41) is 3.43. The zero-order valence-corrected chi connectivity index (χ0v) is 13.7. The molecule has 0 bridgehead atoms. The molecule has 3 rings (SSSR count). The molecule has 116 valence electrons. The molecule has 0 fully saturated rings. The molecule has 23 heavy (non-hydrogen) atoms. The van der Waals surface area contributed by atoms with Gasteiger partial charge >= 0.3 is 0 Å². The van der Waals surface area contributed by atoms with Gasteiger partial charge in [-0.25, -0.2) is 4.98 Å². The predicted octanol–water partition coefficient (Wildman–Crippen LogP) is 4.80. The molecule has 1 amide bonds. The van der Waals surface area contributed by atoms with Gasteiger partial charge < -0.3 is 4.74 Å². The summed E-state index contributed by atoms with van der Waals surface area (Å²) < 4.78 is 5.82. The Bertz CT molecular complexity index is 809. The third-order valence-corrected chi connectivity index (χ3v) is 4.34. The Morgan fingerprint density at radius 1 is 1.04 bits per heavy atom. The smallest absolute Gasteiger partial charge is 0.261 e. The minimum absolute atomic E-state index is 0.231. The normalized spacial score (nSPS) is 10.3. The predicted molar refractivity (Wildman–Crippen MR) is 92.5 cm³/mol. The van der Waals surface area contributed by atoms with Gasteiger partial charge in [0.2, 0.25) is 0 Å². The van der Waals surface area contributed by atoms with Crippen LogP contribution in [0, 0.1) is 13.8 Å². The van der Waals surface area contributed by atoms with Crippen LogP contribution in [0.1, 0.15) is 20.9 Å². The number of amides is 1. The number of rotatable bonds is 4. The molecule has 4 nitrogen and oxygen atoms in total. The number of thiazole rings is 1. The van der Waals surface area contributed by atoms with Crippen LogP contribution in [0.25, 0.3) is 0 Å². The first-order chi connectivity index (χ1) is 11.1. The molecule has 0 aliphatic carbocycles. The van der Waals surface area contributed by atoms with Crippen LogP contribution >= 0.6 is 11.3 Å². The molecule has 0 aliphatic heterocycles. The lowest BCUT2D eigenvalue weighted by molar-refractivity contribution is 0.102. The van der Waals surface area contributed by atoms with E-state index in [2.05, 4.69) is 10.3 Å². The summed E-state index contributed by atoms with van der Waals surface area (Å²) in [4.78, 5) is 17.9. The molecule has 1 N–H and O–H groups in total. The van der Waals surface area contributed by atoms with Crippen molar-refractivity contribution in [2.75, 3.05) is 5.32 Å². The molecule has 0 atom stereocenters. The Labute approximate surface area is 138 Å². The van der Waals surface area contributed by atoms with Crippen molar-refractivity contribution in [1.29, 1.82) is 0 Å². The van der Waals surface area contributed by atoms with Crippen LogP contribution in [0.5, 0.6) is 11.5 Å². The fourth-order valence-corrected chi connectivity index (χ4v) is 2.86. The van der Waals surface area contributed by atoms with E-state index in [-0.39, 0.29) is 5.91 Å². The second-order valence-corrected chi connectivity index (χ2v) is 6.23. The van der Waals surface area contributed by atoms with Crippen molar-refractivity contribution in [3.8, 4) is 11.5 Å². The number of aryl methyl sites for hydroxylation is 2. The fourth-order valence-electron chi connectivity index (χ4n) is 2.05. The first kappa shape index (κ1) is 15.2. The molecule has 2 aromatic carbocycles. The summed E-state index contributed by atoms with van der Waals surface area (Å²) in [5.41, 5.74) is 1.40. The molecule has 0 radical (unpaired) electrons. The standard InChI is InChI=1S/C18H16N2O2S/c1-12-13(2)23-18(19-12)20-17(21)15-10-6-7-11-16(15)22-14-8-4-3-5-9-14/h3-11H,1-2H3,(H,19,20,21). The number of carbonyl (C=O) groups excluding carboxylic acids is 1. The zero-order chi connectivity index (χ0) is 16.2. The summed E-state index contributed by atoms with van der Waals surface area (Å²) in [6, 6.07) is 16.6. The van der Waals surface area contributed by atoms with Gasteiger partial charge in [0.15, 0.2) is 5.13 Å². The Balaban J connectivity index is 1.83. The molecule has 0 saturated heterocycles. The first-order valence-electron chi connectivity index (χ1n) is 7.21. The molecule has 0 spiro atoms. The lowest BCUT2D eigenvalue weighted by Crippen LogP contribution is -2.12. The Morgan fingerprint density at radius 2 is 1.74 bits per heavy atom.